The number of ether oxygens (including phenoxy) is 1. The fraction of sp³-hybridized carbons (Fsp3) is 0.667. The monoisotopic (exact) mass is 316 g/mol. The van der Waals surface area contributed by atoms with Gasteiger partial charge in [-0.25, -0.2) is 0 Å². The lowest BCUT2D eigenvalue weighted by atomic mass is 9.76. The highest BCUT2D eigenvalue weighted by Gasteiger charge is 2.29. The number of hydrogen-bond donors (Lipinski definition) is 0. The summed E-state index contributed by atoms with van der Waals surface area (Å²) in [5, 5.41) is 0. The van der Waals surface area contributed by atoms with Gasteiger partial charge in [-0.1, -0.05) is 58.1 Å². The molecule has 2 heteroatoms. The summed E-state index contributed by atoms with van der Waals surface area (Å²) in [6, 6.07) is 8.23. The Hall–Kier alpha value is -1.31. The van der Waals surface area contributed by atoms with Crippen LogP contribution < -0.4 is 4.74 Å². The smallest absolute Gasteiger partial charge is 0.140 e. The molecule has 2 nitrogen and oxygen atoms in total. The Bertz CT molecular complexity index is 463. The molecule has 0 spiro atoms. The van der Waals surface area contributed by atoms with Crippen LogP contribution in [0.25, 0.3) is 0 Å². The summed E-state index contributed by atoms with van der Waals surface area (Å²) in [5.41, 5.74) is 1.17. The predicted octanol–water partition coefficient (Wildman–Crippen LogP) is 5.90. The van der Waals surface area contributed by atoms with Crippen LogP contribution in [0.3, 0.4) is 0 Å². The van der Waals surface area contributed by atoms with Crippen LogP contribution in [0, 0.1) is 5.92 Å². The molecule has 1 aliphatic rings. The molecule has 2 rings (SSSR count). The van der Waals surface area contributed by atoms with Gasteiger partial charge in [-0.2, -0.15) is 0 Å². The maximum Gasteiger partial charge on any atom is 0.140 e. The van der Waals surface area contributed by atoms with Crippen molar-refractivity contribution in [2.24, 2.45) is 5.92 Å². The highest BCUT2D eigenvalue weighted by Crippen LogP contribution is 2.35. The van der Waals surface area contributed by atoms with E-state index >= 15 is 0 Å². The molecule has 0 saturated heterocycles. The zero-order chi connectivity index (χ0) is 16.5. The summed E-state index contributed by atoms with van der Waals surface area (Å²) in [4.78, 5) is 12.5. The van der Waals surface area contributed by atoms with E-state index < -0.39 is 0 Å². The maximum absolute atomic E-state index is 12.5. The number of carbonyl (C=O) groups excluding carboxylic acids is 1. The van der Waals surface area contributed by atoms with E-state index in [1.807, 2.05) is 12.1 Å². The van der Waals surface area contributed by atoms with Gasteiger partial charge in [-0.05, 0) is 42.9 Å². The summed E-state index contributed by atoms with van der Waals surface area (Å²) >= 11 is 0. The van der Waals surface area contributed by atoms with E-state index in [1.54, 1.807) is 0 Å². The summed E-state index contributed by atoms with van der Waals surface area (Å²) in [6.07, 6.45) is 10.2. The van der Waals surface area contributed by atoms with Crippen molar-refractivity contribution in [2.45, 2.75) is 77.6 Å². The molecular weight excluding hydrogens is 284 g/mol. The number of hydrogen-bond acceptors (Lipinski definition) is 2. The Labute approximate surface area is 141 Å². The van der Waals surface area contributed by atoms with E-state index in [-0.39, 0.29) is 5.92 Å². The SMILES string of the molecule is CCCCCOc1ccc(C2CCC(CCCC)CC2=O)cc1. The molecule has 0 aliphatic heterocycles. The lowest BCUT2D eigenvalue weighted by Crippen LogP contribution is -2.23. The molecule has 2 unspecified atom stereocenters. The molecular formula is C21H32O2. The first-order valence-corrected chi connectivity index (χ1v) is 9.50. The number of Topliss-reactive ketones (excluding diaryl/α,β-unsaturated/α-hetero) is 1. The Morgan fingerprint density at radius 2 is 1.74 bits per heavy atom. The summed E-state index contributed by atoms with van der Waals surface area (Å²) in [5.74, 6) is 2.10. The van der Waals surface area contributed by atoms with Crippen LogP contribution >= 0.6 is 0 Å². The van der Waals surface area contributed by atoms with Crippen LogP contribution in [0.1, 0.15) is 83.1 Å². The molecule has 0 radical (unpaired) electrons. The normalized spacial score (nSPS) is 21.4. The van der Waals surface area contributed by atoms with Gasteiger partial charge in [0, 0.05) is 12.3 Å². The van der Waals surface area contributed by atoms with Gasteiger partial charge in [-0.15, -0.1) is 0 Å². The van der Waals surface area contributed by atoms with Crippen LogP contribution in [0.15, 0.2) is 24.3 Å². The average Bonchev–Trinajstić information content (AvgIpc) is 2.58. The van der Waals surface area contributed by atoms with Gasteiger partial charge in [0.25, 0.3) is 0 Å². The van der Waals surface area contributed by atoms with E-state index in [1.165, 1.54) is 44.1 Å². The van der Waals surface area contributed by atoms with Crippen molar-refractivity contribution in [2.75, 3.05) is 6.61 Å². The van der Waals surface area contributed by atoms with Crippen LogP contribution in [-0.4, -0.2) is 12.4 Å². The molecule has 1 aromatic carbocycles. The minimum atomic E-state index is 0.113. The molecule has 0 bridgehead atoms. The van der Waals surface area contributed by atoms with Crippen molar-refractivity contribution in [3.8, 4) is 5.75 Å². The van der Waals surface area contributed by atoms with Gasteiger partial charge in [-0.3, -0.25) is 4.79 Å². The summed E-state index contributed by atoms with van der Waals surface area (Å²) in [7, 11) is 0. The van der Waals surface area contributed by atoms with E-state index in [0.717, 1.165) is 31.6 Å². The molecule has 0 heterocycles. The topological polar surface area (TPSA) is 26.3 Å². The third-order valence-corrected chi connectivity index (χ3v) is 5.01. The second-order valence-corrected chi connectivity index (χ2v) is 6.93. The number of ketones is 1. The van der Waals surface area contributed by atoms with Gasteiger partial charge < -0.3 is 4.74 Å². The third-order valence-electron chi connectivity index (χ3n) is 5.01. The predicted molar refractivity (Wildman–Crippen MR) is 96.1 cm³/mol. The van der Waals surface area contributed by atoms with Gasteiger partial charge in [0.15, 0.2) is 0 Å². The Morgan fingerprint density at radius 1 is 1.00 bits per heavy atom. The lowest BCUT2D eigenvalue weighted by Gasteiger charge is -2.27. The Balaban J connectivity index is 1.84. The number of rotatable bonds is 9. The first kappa shape index (κ1) is 18.0. The molecule has 0 amide bonds. The fourth-order valence-electron chi connectivity index (χ4n) is 3.52. The maximum atomic E-state index is 12.5. The van der Waals surface area contributed by atoms with E-state index in [9.17, 15) is 4.79 Å². The summed E-state index contributed by atoms with van der Waals surface area (Å²) < 4.78 is 5.75. The zero-order valence-corrected chi connectivity index (χ0v) is 14.9. The highest BCUT2D eigenvalue weighted by molar-refractivity contribution is 5.86. The molecule has 128 valence electrons. The van der Waals surface area contributed by atoms with Crippen LogP contribution in [0.2, 0.25) is 0 Å². The number of unbranched alkanes of at least 4 members (excludes halogenated alkanes) is 3. The van der Waals surface area contributed by atoms with E-state index in [2.05, 4.69) is 26.0 Å². The minimum Gasteiger partial charge on any atom is -0.494 e. The molecule has 0 N–H and O–H groups in total. The third kappa shape index (κ3) is 5.67. The number of benzene rings is 1. The Kier molecular flexibility index (Phi) is 7.64. The molecule has 1 aromatic rings. The van der Waals surface area contributed by atoms with Crippen molar-refractivity contribution in [1.82, 2.24) is 0 Å². The second-order valence-electron chi connectivity index (χ2n) is 6.93. The molecule has 0 aromatic heterocycles. The van der Waals surface area contributed by atoms with Crippen molar-refractivity contribution in [1.29, 1.82) is 0 Å². The van der Waals surface area contributed by atoms with Crippen molar-refractivity contribution in [3.05, 3.63) is 29.8 Å². The van der Waals surface area contributed by atoms with Crippen LogP contribution in [-0.2, 0) is 4.79 Å². The minimum absolute atomic E-state index is 0.113. The van der Waals surface area contributed by atoms with Crippen molar-refractivity contribution >= 4 is 5.78 Å². The van der Waals surface area contributed by atoms with Crippen molar-refractivity contribution < 1.29 is 9.53 Å². The molecule has 2 atom stereocenters. The Morgan fingerprint density at radius 3 is 2.39 bits per heavy atom. The van der Waals surface area contributed by atoms with E-state index in [0.29, 0.717) is 11.7 Å². The molecule has 1 fully saturated rings. The first-order chi connectivity index (χ1) is 11.2. The number of carbonyl (C=O) groups is 1. The zero-order valence-electron chi connectivity index (χ0n) is 14.9. The van der Waals surface area contributed by atoms with Crippen LogP contribution in [0.5, 0.6) is 5.75 Å². The molecule has 23 heavy (non-hydrogen) atoms. The summed E-state index contributed by atoms with van der Waals surface area (Å²) in [6.45, 7) is 5.21. The van der Waals surface area contributed by atoms with E-state index in [4.69, 9.17) is 4.74 Å². The van der Waals surface area contributed by atoms with Gasteiger partial charge in [0.05, 0.1) is 6.61 Å². The fourth-order valence-corrected chi connectivity index (χ4v) is 3.52. The second kappa shape index (κ2) is 9.75. The van der Waals surface area contributed by atoms with Crippen LogP contribution in [0.4, 0.5) is 0 Å². The largest absolute Gasteiger partial charge is 0.494 e. The first-order valence-electron chi connectivity index (χ1n) is 9.50. The highest BCUT2D eigenvalue weighted by atomic mass is 16.5. The molecule has 1 saturated carbocycles. The lowest BCUT2D eigenvalue weighted by molar-refractivity contribution is -0.123. The quantitative estimate of drug-likeness (QED) is 0.530. The van der Waals surface area contributed by atoms with Gasteiger partial charge in [0.2, 0.25) is 0 Å². The van der Waals surface area contributed by atoms with Crippen molar-refractivity contribution in [3.63, 3.8) is 0 Å². The standard InChI is InChI=1S/C21H32O2/c1-3-5-7-15-23-19-12-10-18(11-13-19)20-14-9-17(8-6-4-2)16-21(20)22/h10-13,17,20H,3-9,14-16H2,1-2H3. The average molecular weight is 316 g/mol. The molecule has 1 aliphatic carbocycles. The van der Waals surface area contributed by atoms with Gasteiger partial charge >= 0.3 is 0 Å². The van der Waals surface area contributed by atoms with Gasteiger partial charge in [0.1, 0.15) is 11.5 Å².